The Labute approximate surface area is 150 Å². The number of rotatable bonds is 4. The lowest BCUT2D eigenvalue weighted by Gasteiger charge is -2.13. The third-order valence-corrected chi connectivity index (χ3v) is 6.04. The molecule has 5 rings (SSSR count). The quantitative estimate of drug-likeness (QED) is 0.713. The predicted octanol–water partition coefficient (Wildman–Crippen LogP) is 4.01. The first-order valence-electron chi connectivity index (χ1n) is 8.71. The van der Waals surface area contributed by atoms with E-state index in [9.17, 15) is 0 Å². The molecule has 3 aromatic rings. The van der Waals surface area contributed by atoms with E-state index in [-0.39, 0.29) is 0 Å². The molecule has 0 saturated carbocycles. The number of aromatic nitrogens is 2. The Balaban J connectivity index is 1.31. The molecule has 2 aliphatic rings. The highest BCUT2D eigenvalue weighted by Crippen LogP contribution is 2.32. The van der Waals surface area contributed by atoms with E-state index in [1.165, 1.54) is 32.1 Å². The van der Waals surface area contributed by atoms with Gasteiger partial charge in [-0.05, 0) is 34.9 Å². The first-order chi connectivity index (χ1) is 12.4. The van der Waals surface area contributed by atoms with Crippen molar-refractivity contribution in [2.24, 2.45) is 0 Å². The van der Waals surface area contributed by atoms with Gasteiger partial charge in [0.05, 0.1) is 33.8 Å². The summed E-state index contributed by atoms with van der Waals surface area (Å²) in [6, 6.07) is 10.5. The third-order valence-electron chi connectivity index (χ3n) is 4.94. The molecule has 0 saturated heterocycles. The van der Waals surface area contributed by atoms with Gasteiger partial charge >= 0.3 is 0 Å². The molecular weight excluding hydrogens is 330 g/mol. The summed E-state index contributed by atoms with van der Waals surface area (Å²) in [6.07, 6.45) is 5.85. The molecule has 0 N–H and O–H groups in total. The summed E-state index contributed by atoms with van der Waals surface area (Å²) in [7, 11) is 0. The SMILES string of the molecule is C1=C(c2ccnc3c2CN(CCc2nc4ccccc4s2)C3)CCO1. The van der Waals surface area contributed by atoms with Crippen LogP contribution in [0.25, 0.3) is 15.8 Å². The first-order valence-corrected chi connectivity index (χ1v) is 9.53. The first kappa shape index (κ1) is 15.0. The van der Waals surface area contributed by atoms with Crippen LogP contribution in [-0.4, -0.2) is 28.0 Å². The fourth-order valence-corrected chi connectivity index (χ4v) is 4.62. The van der Waals surface area contributed by atoms with Gasteiger partial charge < -0.3 is 4.74 Å². The molecule has 4 nitrogen and oxygen atoms in total. The van der Waals surface area contributed by atoms with E-state index in [1.54, 1.807) is 0 Å². The smallest absolute Gasteiger partial charge is 0.0951 e. The van der Waals surface area contributed by atoms with Crippen LogP contribution in [0.4, 0.5) is 0 Å². The van der Waals surface area contributed by atoms with Crippen LogP contribution in [0.15, 0.2) is 42.8 Å². The molecule has 2 aliphatic heterocycles. The molecule has 0 unspecified atom stereocenters. The van der Waals surface area contributed by atoms with Crippen LogP contribution in [0.3, 0.4) is 0 Å². The largest absolute Gasteiger partial charge is 0.501 e. The minimum Gasteiger partial charge on any atom is -0.501 e. The monoisotopic (exact) mass is 349 g/mol. The van der Waals surface area contributed by atoms with Crippen molar-refractivity contribution in [3.8, 4) is 0 Å². The Kier molecular flexibility index (Phi) is 3.76. The number of fused-ring (bicyclic) bond motifs is 2. The minimum absolute atomic E-state index is 0.799. The van der Waals surface area contributed by atoms with E-state index >= 15 is 0 Å². The summed E-state index contributed by atoms with van der Waals surface area (Å²) >= 11 is 1.81. The molecule has 0 atom stereocenters. The van der Waals surface area contributed by atoms with E-state index in [0.717, 1.165) is 44.6 Å². The van der Waals surface area contributed by atoms with Crippen LogP contribution in [0.5, 0.6) is 0 Å². The van der Waals surface area contributed by atoms with E-state index < -0.39 is 0 Å². The number of nitrogens with zero attached hydrogens (tertiary/aromatic N) is 3. The zero-order valence-electron chi connectivity index (χ0n) is 13.9. The Bertz CT molecular complexity index is 929. The lowest BCUT2D eigenvalue weighted by molar-refractivity contribution is 0.281. The van der Waals surface area contributed by atoms with Crippen molar-refractivity contribution in [1.82, 2.24) is 14.9 Å². The Morgan fingerprint density at radius 3 is 3.00 bits per heavy atom. The predicted molar refractivity (Wildman–Crippen MR) is 100 cm³/mol. The summed E-state index contributed by atoms with van der Waals surface area (Å²) in [4.78, 5) is 11.8. The van der Waals surface area contributed by atoms with Crippen molar-refractivity contribution >= 4 is 27.1 Å². The van der Waals surface area contributed by atoms with Crippen LogP contribution in [0.2, 0.25) is 0 Å². The Morgan fingerprint density at radius 2 is 2.12 bits per heavy atom. The van der Waals surface area contributed by atoms with Crippen molar-refractivity contribution in [2.45, 2.75) is 25.9 Å². The lowest BCUT2D eigenvalue weighted by Crippen LogP contribution is -2.19. The molecule has 4 heterocycles. The van der Waals surface area contributed by atoms with E-state index in [0.29, 0.717) is 0 Å². The van der Waals surface area contributed by atoms with Crippen LogP contribution in [0, 0.1) is 0 Å². The number of ether oxygens (including phenoxy) is 1. The van der Waals surface area contributed by atoms with Crippen molar-refractivity contribution < 1.29 is 4.74 Å². The van der Waals surface area contributed by atoms with Gasteiger partial charge in [-0.15, -0.1) is 11.3 Å². The highest BCUT2D eigenvalue weighted by atomic mass is 32.1. The van der Waals surface area contributed by atoms with Crippen LogP contribution in [0.1, 0.15) is 28.2 Å². The Hall–Kier alpha value is -2.24. The van der Waals surface area contributed by atoms with E-state index in [1.807, 2.05) is 23.8 Å². The van der Waals surface area contributed by atoms with Gasteiger partial charge in [0.15, 0.2) is 0 Å². The second kappa shape index (κ2) is 6.24. The van der Waals surface area contributed by atoms with Gasteiger partial charge in [0.25, 0.3) is 0 Å². The third kappa shape index (κ3) is 2.83. The van der Waals surface area contributed by atoms with Gasteiger partial charge in [-0.3, -0.25) is 9.88 Å². The fraction of sp³-hybridized carbons (Fsp3) is 0.300. The normalized spacial score (nSPS) is 16.9. The highest BCUT2D eigenvalue weighted by molar-refractivity contribution is 7.18. The number of hydrogen-bond acceptors (Lipinski definition) is 5. The van der Waals surface area contributed by atoms with Gasteiger partial charge in [0, 0.05) is 38.7 Å². The molecule has 5 heteroatoms. The summed E-state index contributed by atoms with van der Waals surface area (Å²) < 4.78 is 6.71. The van der Waals surface area contributed by atoms with Crippen LogP contribution in [-0.2, 0) is 24.2 Å². The second-order valence-electron chi connectivity index (χ2n) is 6.58. The second-order valence-corrected chi connectivity index (χ2v) is 7.70. The Morgan fingerprint density at radius 1 is 1.16 bits per heavy atom. The maximum absolute atomic E-state index is 5.43. The van der Waals surface area contributed by atoms with Crippen molar-refractivity contribution in [1.29, 1.82) is 0 Å². The number of pyridine rings is 1. The molecule has 25 heavy (non-hydrogen) atoms. The van der Waals surface area contributed by atoms with Gasteiger partial charge in [0.2, 0.25) is 0 Å². The molecule has 0 radical (unpaired) electrons. The molecule has 2 aromatic heterocycles. The zero-order chi connectivity index (χ0) is 16.6. The molecule has 126 valence electrons. The average molecular weight is 349 g/mol. The zero-order valence-corrected chi connectivity index (χ0v) is 14.8. The van der Waals surface area contributed by atoms with Gasteiger partial charge in [0.1, 0.15) is 0 Å². The van der Waals surface area contributed by atoms with Crippen LogP contribution >= 0.6 is 11.3 Å². The average Bonchev–Trinajstić information content (AvgIpc) is 3.37. The molecule has 0 bridgehead atoms. The maximum atomic E-state index is 5.43. The molecule has 0 fully saturated rings. The van der Waals surface area contributed by atoms with Crippen LogP contribution < -0.4 is 0 Å². The standard InChI is InChI=1S/C20H19N3OS/c1-2-4-19-17(3-1)22-20(25-19)6-9-23-11-16-15(14-7-10-24-13-14)5-8-21-18(16)12-23/h1-5,8,13H,6-7,9-12H2. The van der Waals surface area contributed by atoms with E-state index in [4.69, 9.17) is 9.72 Å². The fourth-order valence-electron chi connectivity index (χ4n) is 3.66. The van der Waals surface area contributed by atoms with Gasteiger partial charge in [-0.25, -0.2) is 4.98 Å². The highest BCUT2D eigenvalue weighted by Gasteiger charge is 2.25. The summed E-state index contributed by atoms with van der Waals surface area (Å²) in [6.45, 7) is 3.72. The van der Waals surface area contributed by atoms with Crippen molar-refractivity contribution in [3.05, 3.63) is 64.6 Å². The minimum atomic E-state index is 0.799. The molecule has 0 aliphatic carbocycles. The summed E-state index contributed by atoms with van der Waals surface area (Å²) in [5.74, 6) is 0. The summed E-state index contributed by atoms with van der Waals surface area (Å²) in [5, 5.41) is 1.22. The maximum Gasteiger partial charge on any atom is 0.0951 e. The molecule has 0 spiro atoms. The van der Waals surface area contributed by atoms with Gasteiger partial charge in [-0.1, -0.05) is 12.1 Å². The number of para-hydroxylation sites is 1. The lowest BCUT2D eigenvalue weighted by atomic mass is 10.00. The number of thiazole rings is 1. The van der Waals surface area contributed by atoms with E-state index in [2.05, 4.69) is 40.2 Å². The topological polar surface area (TPSA) is 38.2 Å². The summed E-state index contributed by atoms with van der Waals surface area (Å²) in [5.41, 5.74) is 6.35. The number of benzene rings is 1. The van der Waals surface area contributed by atoms with Crippen molar-refractivity contribution in [3.63, 3.8) is 0 Å². The molecule has 0 amide bonds. The molecular formula is C20H19N3OS. The molecule has 1 aromatic carbocycles. The van der Waals surface area contributed by atoms with Crippen molar-refractivity contribution in [2.75, 3.05) is 13.2 Å². The number of hydrogen-bond donors (Lipinski definition) is 0. The van der Waals surface area contributed by atoms with Gasteiger partial charge in [-0.2, -0.15) is 0 Å².